The largest absolute Gasteiger partial charge is 0.497 e. The van der Waals surface area contributed by atoms with Crippen molar-refractivity contribution in [3.05, 3.63) is 164 Å². The van der Waals surface area contributed by atoms with E-state index < -0.39 is 61.2 Å². The number of amides is 2. The zero-order valence-electron chi connectivity index (χ0n) is 39.3. The van der Waals surface area contributed by atoms with Crippen molar-refractivity contribution >= 4 is 20.3 Å². The van der Waals surface area contributed by atoms with E-state index in [9.17, 15) is 24.4 Å². The van der Waals surface area contributed by atoms with E-state index in [0.29, 0.717) is 22.6 Å². The number of aromatic amines is 1. The van der Waals surface area contributed by atoms with Crippen LogP contribution in [-0.2, 0) is 24.1 Å². The van der Waals surface area contributed by atoms with Crippen LogP contribution in [0.2, 0.25) is 0 Å². The Labute approximate surface area is 396 Å². The zero-order valence-corrected chi connectivity index (χ0v) is 40.2. The molecule has 4 heterocycles. The van der Waals surface area contributed by atoms with Gasteiger partial charge < -0.3 is 28.0 Å². The third-order valence-corrected chi connectivity index (χ3v) is 15.0. The predicted molar refractivity (Wildman–Crippen MR) is 254 cm³/mol. The summed E-state index contributed by atoms with van der Waals surface area (Å²) in [7, 11) is 1.30. The first-order valence-electron chi connectivity index (χ1n) is 22.7. The van der Waals surface area contributed by atoms with Gasteiger partial charge in [-0.25, -0.2) is 9.46 Å². The minimum absolute atomic E-state index is 0.0158. The van der Waals surface area contributed by atoms with Crippen molar-refractivity contribution < 1.29 is 37.6 Å². The van der Waals surface area contributed by atoms with Crippen molar-refractivity contribution in [2.75, 3.05) is 47.1 Å². The molecular formula is C51H57N6O10P. The summed E-state index contributed by atoms with van der Waals surface area (Å²) in [6.07, 6.45) is -0.375. The second-order valence-corrected chi connectivity index (χ2v) is 19.1. The highest BCUT2D eigenvalue weighted by Gasteiger charge is 2.67. The number of carbonyl (C=O) groups excluding carboxylic acids is 2. The molecular weight excluding hydrogens is 888 g/mol. The summed E-state index contributed by atoms with van der Waals surface area (Å²) in [5.41, 5.74) is -0.618. The van der Waals surface area contributed by atoms with E-state index in [1.807, 2.05) is 107 Å². The number of benzene rings is 4. The van der Waals surface area contributed by atoms with Crippen molar-refractivity contribution in [3.8, 4) is 17.6 Å². The number of nitriles is 1. The number of rotatable bonds is 20. The summed E-state index contributed by atoms with van der Waals surface area (Å²) >= 11 is 0. The second kappa shape index (κ2) is 20.3. The maximum atomic E-state index is 14.0. The van der Waals surface area contributed by atoms with Gasteiger partial charge in [-0.2, -0.15) is 5.26 Å². The van der Waals surface area contributed by atoms with E-state index in [4.69, 9.17) is 28.0 Å². The number of nitrogens with zero attached hydrogens (tertiary/aromatic N) is 5. The topological polar surface area (TPSA) is 178 Å². The van der Waals surface area contributed by atoms with Gasteiger partial charge in [0.25, 0.3) is 25.9 Å². The molecule has 1 unspecified atom stereocenters. The molecule has 4 aromatic carbocycles. The molecule has 2 bridgehead atoms. The maximum Gasteiger partial charge on any atom is 0.330 e. The van der Waals surface area contributed by atoms with E-state index in [1.165, 1.54) is 15.7 Å². The van der Waals surface area contributed by atoms with E-state index >= 15 is 0 Å². The van der Waals surface area contributed by atoms with Crippen molar-refractivity contribution in [2.24, 2.45) is 0 Å². The lowest BCUT2D eigenvalue weighted by atomic mass is 9.79. The number of aryl methyl sites for hydroxylation is 1. The Kier molecular flexibility index (Phi) is 14.5. The van der Waals surface area contributed by atoms with E-state index in [1.54, 1.807) is 45.4 Å². The van der Waals surface area contributed by atoms with E-state index in [0.717, 1.165) is 16.7 Å². The Bertz CT molecular complexity index is 2670. The van der Waals surface area contributed by atoms with Gasteiger partial charge in [0.05, 0.1) is 57.1 Å². The quantitative estimate of drug-likeness (QED) is 0.0374. The van der Waals surface area contributed by atoms with Crippen LogP contribution in [0, 0.1) is 18.3 Å². The summed E-state index contributed by atoms with van der Waals surface area (Å²) in [6.45, 7) is 10.1. The van der Waals surface area contributed by atoms with Crippen molar-refractivity contribution in [3.63, 3.8) is 0 Å². The third-order valence-electron chi connectivity index (χ3n) is 12.9. The molecule has 356 valence electrons. The van der Waals surface area contributed by atoms with Crippen LogP contribution in [0.3, 0.4) is 0 Å². The number of ether oxygens (including phenoxy) is 4. The normalized spacial score (nSPS) is 20.7. The number of morpholine rings is 1. The molecule has 0 saturated carbocycles. The fourth-order valence-corrected chi connectivity index (χ4v) is 11.5. The molecule has 17 heteroatoms. The monoisotopic (exact) mass is 944 g/mol. The van der Waals surface area contributed by atoms with Crippen LogP contribution in [0.5, 0.6) is 11.5 Å². The molecule has 5 atom stereocenters. The molecule has 1 N–H and O–H groups in total. The molecule has 68 heavy (non-hydrogen) atoms. The lowest BCUT2D eigenvalue weighted by molar-refractivity contribution is -0.177. The Morgan fingerprint density at radius 3 is 1.93 bits per heavy atom. The standard InChI is InChI=1S/C51H57N6O10P/c1-33(2)57(34(3)4)68(65-29-13-26-52)67-44-43-48(56-30-35(5)45(58)53-49(56)61)66-50(44,31-54(43)27-28-55-46(59)41-16-11-12-17-42(41)47(55)60)32-64-51(36-14-9-8-10-15-36,37-18-22-39(62-6)23-19-37)38-20-24-40(63-7)25-21-38/h8-12,14-25,30,33-34,43-44,48H,13,27-29,31-32H2,1-7H3,(H,53,58,61)/t43-,44+,48-,50-,68?/m1/s1. The molecule has 1 aromatic heterocycles. The van der Waals surface area contributed by atoms with Crippen molar-refractivity contribution in [1.82, 2.24) is 24.0 Å². The first-order chi connectivity index (χ1) is 32.8. The van der Waals surface area contributed by atoms with E-state index in [2.05, 4.69) is 20.6 Å². The van der Waals surface area contributed by atoms with Crippen molar-refractivity contribution in [1.29, 1.82) is 5.26 Å². The number of imide groups is 1. The van der Waals surface area contributed by atoms with Crippen LogP contribution in [0.4, 0.5) is 0 Å². The number of methoxy groups -OCH3 is 2. The molecule has 8 rings (SSSR count). The first-order valence-corrected chi connectivity index (χ1v) is 23.8. The third kappa shape index (κ3) is 9.03. The lowest BCUT2D eigenvalue weighted by Crippen LogP contribution is -2.53. The molecule has 3 aliphatic heterocycles. The number of H-pyrrole nitrogens is 1. The lowest BCUT2D eigenvalue weighted by Gasteiger charge is -2.42. The fraction of sp³-hybridized carbons (Fsp3) is 0.392. The molecule has 0 radical (unpaired) electrons. The van der Waals surface area contributed by atoms with Crippen LogP contribution in [0.1, 0.15) is 83.3 Å². The predicted octanol–water partition coefficient (Wildman–Crippen LogP) is 6.78. The number of fused-ring (bicyclic) bond motifs is 3. The van der Waals surface area contributed by atoms with Gasteiger partial charge in [-0.15, -0.1) is 0 Å². The average molecular weight is 945 g/mol. The number of aromatic nitrogens is 2. The molecule has 3 aliphatic rings. The minimum atomic E-state index is -1.91. The molecule has 5 aromatic rings. The van der Waals surface area contributed by atoms with Gasteiger partial charge in [0.2, 0.25) is 0 Å². The van der Waals surface area contributed by atoms with Gasteiger partial charge in [0.15, 0.2) is 6.23 Å². The second-order valence-electron chi connectivity index (χ2n) is 17.7. The van der Waals surface area contributed by atoms with Gasteiger partial charge >= 0.3 is 5.69 Å². The maximum absolute atomic E-state index is 14.0. The molecule has 2 fully saturated rings. The van der Waals surface area contributed by atoms with Gasteiger partial charge in [-0.05, 0) is 87.7 Å². The molecule has 16 nitrogen and oxygen atoms in total. The number of likely N-dealkylation sites (tertiary alicyclic amines) is 1. The van der Waals surface area contributed by atoms with Gasteiger partial charge in [-0.1, -0.05) is 66.7 Å². The smallest absolute Gasteiger partial charge is 0.330 e. The Hall–Kier alpha value is -6.02. The number of nitrogens with one attached hydrogen (secondary N) is 1. The van der Waals surface area contributed by atoms with Crippen LogP contribution in [0.25, 0.3) is 0 Å². The molecule has 0 aliphatic carbocycles. The molecule has 0 spiro atoms. The highest BCUT2D eigenvalue weighted by molar-refractivity contribution is 7.44. The summed E-state index contributed by atoms with van der Waals surface area (Å²) < 4.78 is 43.4. The highest BCUT2D eigenvalue weighted by Crippen LogP contribution is 2.57. The summed E-state index contributed by atoms with van der Waals surface area (Å²) in [4.78, 5) is 60.1. The zero-order chi connectivity index (χ0) is 48.3. The van der Waals surface area contributed by atoms with Gasteiger partial charge in [0, 0.05) is 43.5 Å². The number of carbonyl (C=O) groups is 2. The average Bonchev–Trinajstić information content (AvgIpc) is 3.90. The van der Waals surface area contributed by atoms with E-state index in [-0.39, 0.29) is 56.9 Å². The van der Waals surface area contributed by atoms with Crippen LogP contribution < -0.4 is 20.7 Å². The SMILES string of the molecule is COc1ccc(C(OC[C@@]23CN(CCN4C(=O)c5ccccc5C4=O)[C@@H]([C@H](n4cc(C)c(=O)[nH]c4=O)O2)[C@@H]3OP(OCCC#N)N(C(C)C)C(C)C)(c2ccccc2)c2ccc(OC)cc2)cc1. The van der Waals surface area contributed by atoms with Crippen molar-refractivity contribution in [2.45, 2.75) is 82.7 Å². The first kappa shape index (κ1) is 48.4. The summed E-state index contributed by atoms with van der Waals surface area (Å²) in [6, 6.07) is 33.2. The van der Waals surface area contributed by atoms with Crippen LogP contribution in [0.15, 0.2) is 119 Å². The Morgan fingerprint density at radius 1 is 0.824 bits per heavy atom. The fourth-order valence-electron chi connectivity index (χ4n) is 9.70. The Balaban J connectivity index is 1.30. The summed E-state index contributed by atoms with van der Waals surface area (Å²) in [5.74, 6) is 0.509. The van der Waals surface area contributed by atoms with Gasteiger partial charge in [0.1, 0.15) is 28.8 Å². The highest BCUT2D eigenvalue weighted by atomic mass is 31.2. The molecule has 2 saturated heterocycles. The Morgan fingerprint density at radius 2 is 1.38 bits per heavy atom. The van der Waals surface area contributed by atoms with Crippen LogP contribution >= 0.6 is 8.53 Å². The number of hydrogen-bond acceptors (Lipinski definition) is 13. The number of hydrogen-bond donors (Lipinski definition) is 1. The van der Waals surface area contributed by atoms with Gasteiger partial charge in [-0.3, -0.25) is 33.7 Å². The van der Waals surface area contributed by atoms with Crippen LogP contribution in [-0.4, -0.2) is 113 Å². The summed E-state index contributed by atoms with van der Waals surface area (Å²) in [5, 5.41) is 9.61. The molecule has 2 amide bonds. The minimum Gasteiger partial charge on any atom is -0.497 e.